The van der Waals surface area contributed by atoms with E-state index in [1.54, 1.807) is 39.0 Å². The molecule has 0 unspecified atom stereocenters. The van der Waals surface area contributed by atoms with Crippen LogP contribution in [-0.2, 0) is 23.9 Å². The van der Waals surface area contributed by atoms with Crippen LogP contribution in [-0.4, -0.2) is 73.3 Å². The second-order valence-electron chi connectivity index (χ2n) is 9.47. The molecule has 4 rings (SSSR count). The van der Waals surface area contributed by atoms with Gasteiger partial charge in [0.1, 0.15) is 6.61 Å². The van der Waals surface area contributed by atoms with E-state index in [0.717, 1.165) is 6.42 Å². The van der Waals surface area contributed by atoms with Crippen molar-refractivity contribution in [2.45, 2.75) is 39.2 Å². The molecule has 214 valence electrons. The van der Waals surface area contributed by atoms with Gasteiger partial charge in [-0.25, -0.2) is 9.79 Å². The summed E-state index contributed by atoms with van der Waals surface area (Å²) in [6.07, 6.45) is 3.00. The summed E-state index contributed by atoms with van der Waals surface area (Å²) in [4.78, 5) is 47.6. The van der Waals surface area contributed by atoms with E-state index in [4.69, 9.17) is 23.9 Å². The zero-order valence-corrected chi connectivity index (χ0v) is 24.1. The van der Waals surface area contributed by atoms with Crippen LogP contribution >= 0.6 is 11.8 Å². The Morgan fingerprint density at radius 1 is 1.20 bits per heavy atom. The summed E-state index contributed by atoms with van der Waals surface area (Å²) in [7, 11) is 3.09. The molecule has 1 fully saturated rings. The molecule has 0 aliphatic carbocycles. The van der Waals surface area contributed by atoms with E-state index in [9.17, 15) is 14.4 Å². The molecule has 0 bridgehead atoms. The van der Waals surface area contributed by atoms with Crippen molar-refractivity contribution in [2.75, 3.05) is 40.5 Å². The fourth-order valence-electron chi connectivity index (χ4n) is 5.19. The van der Waals surface area contributed by atoms with Crippen molar-refractivity contribution in [3.63, 3.8) is 0 Å². The third-order valence-electron chi connectivity index (χ3n) is 7.01. The molecular formula is C29H35N3O7S. The number of benzene rings is 1. The summed E-state index contributed by atoms with van der Waals surface area (Å²) in [5.41, 5.74) is 2.19. The second-order valence-corrected chi connectivity index (χ2v) is 10.3. The normalized spacial score (nSPS) is 20.3. The Bertz CT molecular complexity index is 1270. The minimum Gasteiger partial charge on any atom is -0.493 e. The highest BCUT2D eigenvalue weighted by Crippen LogP contribution is 2.48. The first-order chi connectivity index (χ1) is 19.3. The van der Waals surface area contributed by atoms with Gasteiger partial charge in [-0.3, -0.25) is 9.59 Å². The molecule has 2 atom stereocenters. The SMILES string of the molecule is C=CCOC(=O)C1=C(C)N=C2SC=C(CC(=O)N3CCC[C@@H](C(=O)OCC)C3)N2[C@@H]1c1cccc(OC)c1OC. The van der Waals surface area contributed by atoms with Crippen molar-refractivity contribution in [1.29, 1.82) is 0 Å². The molecule has 3 heterocycles. The molecule has 1 aromatic rings. The molecule has 1 aromatic carbocycles. The summed E-state index contributed by atoms with van der Waals surface area (Å²) < 4.78 is 22.0. The van der Waals surface area contributed by atoms with Crippen LogP contribution < -0.4 is 9.47 Å². The fraction of sp³-hybridized carbons (Fsp3) is 0.448. The number of methoxy groups -OCH3 is 2. The van der Waals surface area contributed by atoms with Crippen LogP contribution in [0.1, 0.15) is 44.7 Å². The number of nitrogens with zero attached hydrogens (tertiary/aromatic N) is 3. The number of hydrogen-bond donors (Lipinski definition) is 0. The van der Waals surface area contributed by atoms with Crippen molar-refractivity contribution in [3.8, 4) is 11.5 Å². The molecule has 1 amide bonds. The molecule has 10 nitrogen and oxygen atoms in total. The van der Waals surface area contributed by atoms with E-state index < -0.39 is 12.0 Å². The zero-order chi connectivity index (χ0) is 28.8. The Hall–Kier alpha value is -3.73. The Labute approximate surface area is 238 Å². The van der Waals surface area contributed by atoms with Crippen LogP contribution in [0, 0.1) is 5.92 Å². The number of rotatable bonds is 10. The molecule has 0 radical (unpaired) electrons. The van der Waals surface area contributed by atoms with Crippen molar-refractivity contribution < 1.29 is 33.3 Å². The average molecular weight is 570 g/mol. The number of amidine groups is 1. The molecule has 11 heteroatoms. The van der Waals surface area contributed by atoms with E-state index in [0.29, 0.717) is 65.3 Å². The van der Waals surface area contributed by atoms with Crippen molar-refractivity contribution in [2.24, 2.45) is 10.9 Å². The summed E-state index contributed by atoms with van der Waals surface area (Å²) in [5, 5.41) is 2.52. The predicted molar refractivity (Wildman–Crippen MR) is 152 cm³/mol. The molecule has 40 heavy (non-hydrogen) atoms. The third-order valence-corrected chi connectivity index (χ3v) is 7.90. The largest absolute Gasteiger partial charge is 0.493 e. The smallest absolute Gasteiger partial charge is 0.338 e. The minimum absolute atomic E-state index is 0.0423. The number of allylic oxidation sites excluding steroid dienone is 1. The Morgan fingerprint density at radius 3 is 2.70 bits per heavy atom. The van der Waals surface area contributed by atoms with Crippen LogP contribution in [0.5, 0.6) is 11.5 Å². The van der Waals surface area contributed by atoms with Gasteiger partial charge in [0.05, 0.1) is 50.5 Å². The van der Waals surface area contributed by atoms with Gasteiger partial charge in [-0.1, -0.05) is 36.5 Å². The minimum atomic E-state index is -0.683. The van der Waals surface area contributed by atoms with E-state index in [2.05, 4.69) is 6.58 Å². The van der Waals surface area contributed by atoms with E-state index in [1.807, 2.05) is 22.4 Å². The van der Waals surface area contributed by atoms with E-state index >= 15 is 0 Å². The van der Waals surface area contributed by atoms with Crippen molar-refractivity contribution in [1.82, 2.24) is 9.80 Å². The van der Waals surface area contributed by atoms with Gasteiger partial charge < -0.3 is 28.7 Å². The lowest BCUT2D eigenvalue weighted by molar-refractivity contribution is -0.151. The Kier molecular flexibility index (Phi) is 9.57. The lowest BCUT2D eigenvalue weighted by atomic mass is 9.92. The molecule has 0 saturated carbocycles. The first-order valence-corrected chi connectivity index (χ1v) is 14.1. The maximum Gasteiger partial charge on any atom is 0.338 e. The quantitative estimate of drug-likeness (QED) is 0.303. The fourth-order valence-corrected chi connectivity index (χ4v) is 6.15. The van der Waals surface area contributed by atoms with Gasteiger partial charge in [-0.15, -0.1) is 0 Å². The number of para-hydroxylation sites is 1. The van der Waals surface area contributed by atoms with Crippen molar-refractivity contribution >= 4 is 34.8 Å². The number of esters is 2. The van der Waals surface area contributed by atoms with Crippen molar-refractivity contribution in [3.05, 3.63) is 58.8 Å². The maximum absolute atomic E-state index is 13.5. The number of ether oxygens (including phenoxy) is 4. The number of thioether (sulfide) groups is 1. The first kappa shape index (κ1) is 29.3. The molecule has 0 spiro atoms. The van der Waals surface area contributed by atoms with Gasteiger partial charge in [-0.2, -0.15) is 0 Å². The predicted octanol–water partition coefficient (Wildman–Crippen LogP) is 4.20. The number of amides is 1. The summed E-state index contributed by atoms with van der Waals surface area (Å²) in [5.74, 6) is -0.274. The average Bonchev–Trinajstić information content (AvgIpc) is 3.36. The third kappa shape index (κ3) is 5.89. The van der Waals surface area contributed by atoms with Gasteiger partial charge in [0, 0.05) is 24.4 Å². The van der Waals surface area contributed by atoms with E-state index in [1.165, 1.54) is 17.8 Å². The van der Waals surface area contributed by atoms with E-state index in [-0.39, 0.29) is 30.8 Å². The number of carbonyl (C=O) groups is 3. The zero-order valence-electron chi connectivity index (χ0n) is 23.3. The standard InChI is InChI=1S/C29H35N3O7S/c1-6-14-39-28(35)24-18(3)30-29-32(25(24)21-11-8-12-22(36-4)26(21)37-5)20(17-40-29)15-23(33)31-13-9-10-19(16-31)27(34)38-7-2/h6,8,11-12,17,19,25H,1,7,9-10,13-16H2,2-5H3/t19-,25-/m1/s1. The van der Waals surface area contributed by atoms with Crippen LogP contribution in [0.2, 0.25) is 0 Å². The maximum atomic E-state index is 13.5. The lowest BCUT2D eigenvalue weighted by Crippen LogP contribution is -2.44. The molecule has 3 aliphatic heterocycles. The summed E-state index contributed by atoms with van der Waals surface area (Å²) >= 11 is 1.39. The number of piperidine rings is 1. The summed E-state index contributed by atoms with van der Waals surface area (Å²) in [6, 6.07) is 4.78. The highest BCUT2D eigenvalue weighted by Gasteiger charge is 2.43. The topological polar surface area (TPSA) is 107 Å². The number of fused-ring (bicyclic) bond motifs is 1. The van der Waals surface area contributed by atoms with Crippen LogP contribution in [0.4, 0.5) is 0 Å². The Balaban J connectivity index is 1.68. The molecular weight excluding hydrogens is 534 g/mol. The van der Waals surface area contributed by atoms with Gasteiger partial charge in [0.25, 0.3) is 0 Å². The van der Waals surface area contributed by atoms with Gasteiger partial charge >= 0.3 is 11.9 Å². The summed E-state index contributed by atoms with van der Waals surface area (Å²) in [6.45, 7) is 8.43. The lowest BCUT2D eigenvalue weighted by Gasteiger charge is -2.37. The van der Waals surface area contributed by atoms with Crippen LogP contribution in [0.15, 0.2) is 58.2 Å². The van der Waals surface area contributed by atoms with Crippen LogP contribution in [0.25, 0.3) is 0 Å². The molecule has 1 saturated heterocycles. The number of carbonyl (C=O) groups excluding carboxylic acids is 3. The molecule has 0 N–H and O–H groups in total. The number of hydrogen-bond acceptors (Lipinski definition) is 10. The number of aliphatic imine (C=N–C) groups is 1. The number of likely N-dealkylation sites (tertiary alicyclic amines) is 1. The highest BCUT2D eigenvalue weighted by atomic mass is 32.2. The highest BCUT2D eigenvalue weighted by molar-refractivity contribution is 8.16. The van der Waals surface area contributed by atoms with Gasteiger partial charge in [-0.05, 0) is 38.2 Å². The second kappa shape index (κ2) is 13.1. The molecule has 0 aromatic heterocycles. The molecule has 3 aliphatic rings. The van der Waals surface area contributed by atoms with Gasteiger partial charge in [0.15, 0.2) is 16.7 Å². The van der Waals surface area contributed by atoms with Gasteiger partial charge in [0.2, 0.25) is 5.91 Å². The monoisotopic (exact) mass is 569 g/mol. The first-order valence-electron chi connectivity index (χ1n) is 13.2. The Morgan fingerprint density at radius 2 is 2.00 bits per heavy atom. The van der Waals surface area contributed by atoms with Crippen LogP contribution in [0.3, 0.4) is 0 Å².